The SMILES string of the molecule is CC(=O)CC(C)=O.CC(=[OH+])C=C(C)O.CC(=[OH+])C=C(C)O.CC(=[OH+])C=C(C)O.[Ir].[Ir].[Ir].[Ir].[c-]1c(-c2ccc3ccccc3n2)sc2ccccc12.[c-]1c(-c2ccccn2)sc2ccccc12.[c-]1c(-c2ccccn2)sc2ccccc12.[c-]1c(-c2nc3ccccc3c3ccccc23)sc2ccccc12.[c-]1c(-c2nccc3ccccc23)sc2ccccc12. The van der Waals surface area contributed by atoms with Gasteiger partial charge in [0, 0.05) is 133 Å². The molecule has 19 rings (SSSR count). The summed E-state index contributed by atoms with van der Waals surface area (Å²) in [5, 5.41) is 38.3. The van der Waals surface area contributed by atoms with Crippen molar-refractivity contribution in [3.05, 3.63) is 357 Å². The van der Waals surface area contributed by atoms with Gasteiger partial charge in [0.25, 0.3) is 0 Å². The number of rotatable bonds is 10. The molecule has 0 atom stereocenters. The molecule has 10 aromatic heterocycles. The van der Waals surface area contributed by atoms with Crippen LogP contribution in [0.4, 0.5) is 0 Å². The Balaban J connectivity index is 0.000000196. The standard InChI is InChI=1S/C21H12NS.2C17H10NS.2C13H8NS.4C5H8O2.4Ir/c1-6-12-19-14(7-1)13-20(23-19)21-17-10-3-2-8-15(17)16-9-4-5-11-18(16)22-21;1-3-7-14-12(5-1)9-10-15(18-14)17-11-13-6-2-4-8-16(13)19-17;1-3-7-14-12(5-1)9-10-18-17(14)16-11-13-6-2-4-8-15(13)19-16;2*1-2-7-12-10(5-1)9-13(15-12)11-6-3-4-8-14-11;4*1-4(6)3-5(2)7;;;;/h1-12H;2*1-10H;2*1-8H;3H2,1-2H3;3*3,6H,1-2H3;;;;/q5*-1;;;;;;;;/p+3. The van der Waals surface area contributed by atoms with Crippen LogP contribution in [0.25, 0.3) is 147 Å². The van der Waals surface area contributed by atoms with Crippen molar-refractivity contribution in [2.45, 2.75) is 61.8 Å². The Morgan fingerprint density at radius 2 is 0.626 bits per heavy atom. The summed E-state index contributed by atoms with van der Waals surface area (Å²) >= 11 is 8.71. The fourth-order valence-corrected chi connectivity index (χ4v) is 16.9. The summed E-state index contributed by atoms with van der Waals surface area (Å²) in [6.07, 6.45) is 9.41. The molecule has 0 saturated heterocycles. The molecule has 0 fully saturated rings. The Labute approximate surface area is 788 Å². The van der Waals surface area contributed by atoms with Crippen LogP contribution in [0, 0.1) is 30.3 Å². The van der Waals surface area contributed by atoms with E-state index in [1.54, 1.807) is 56.7 Å². The van der Waals surface area contributed by atoms with Gasteiger partial charge in [0.1, 0.15) is 11.6 Å². The molecule has 123 heavy (non-hydrogen) atoms. The summed E-state index contributed by atoms with van der Waals surface area (Å²) in [6, 6.07) is 110. The summed E-state index contributed by atoms with van der Waals surface area (Å²) in [5.74, 6) is 0.625. The Kier molecular flexibility index (Phi) is 40.4. The van der Waals surface area contributed by atoms with Gasteiger partial charge in [0.15, 0.2) is 0 Å². The molecule has 4 radical (unpaired) electrons. The average molecular weight is 2420 g/mol. The van der Waals surface area contributed by atoms with Crippen LogP contribution < -0.4 is 0 Å². The second-order valence-corrected chi connectivity index (χ2v) is 32.1. The van der Waals surface area contributed by atoms with E-state index < -0.39 is 0 Å². The van der Waals surface area contributed by atoms with E-state index in [-0.39, 0.29) is 133 Å². The van der Waals surface area contributed by atoms with Gasteiger partial charge in [-0.25, -0.2) is 56.7 Å². The zero-order valence-electron chi connectivity index (χ0n) is 67.8. The van der Waals surface area contributed by atoms with Crippen molar-refractivity contribution in [2.75, 3.05) is 0 Å². The fraction of sp³-hybridized carbons (Fsp3) is 0.0891. The van der Waals surface area contributed by atoms with Crippen molar-refractivity contribution in [3.8, 4) is 52.9 Å². The number of para-hydroxylation sites is 2. The third-order valence-corrected chi connectivity index (χ3v) is 22.3. The quantitative estimate of drug-likeness (QED) is 0.0293. The van der Waals surface area contributed by atoms with Crippen LogP contribution in [0.2, 0.25) is 0 Å². The fourth-order valence-electron chi connectivity index (χ4n) is 12.0. The van der Waals surface area contributed by atoms with Gasteiger partial charge in [-0.15, -0.1) is 118 Å². The molecule has 19 aromatic rings. The number of pyridine rings is 5. The first-order chi connectivity index (χ1) is 57.6. The molecule has 0 saturated carbocycles. The molecular formula is C101H83Ir4N5O8S5-2. The summed E-state index contributed by atoms with van der Waals surface area (Å²) in [6.45, 7) is 11.8. The Morgan fingerprint density at radius 3 is 1.00 bits per heavy atom. The largest absolute Gasteiger partial charge is 0.512 e. The van der Waals surface area contributed by atoms with Crippen molar-refractivity contribution >= 4 is 179 Å². The monoisotopic (exact) mass is 2430 g/mol. The van der Waals surface area contributed by atoms with E-state index in [2.05, 4.69) is 227 Å². The van der Waals surface area contributed by atoms with Crippen molar-refractivity contribution in [2.24, 2.45) is 0 Å². The second kappa shape index (κ2) is 50.0. The number of aromatic nitrogens is 5. The van der Waals surface area contributed by atoms with Crippen molar-refractivity contribution < 1.29 is 120 Å². The first-order valence-electron chi connectivity index (χ1n) is 37.6. The summed E-state index contributed by atoms with van der Waals surface area (Å²) in [5.41, 5.74) is 7.12. The van der Waals surface area contributed by atoms with Gasteiger partial charge in [-0.3, -0.25) is 33.9 Å². The molecule has 0 aliphatic heterocycles. The number of Topliss-reactive ketones (excluding diaryl/α,β-unsaturated/α-hetero) is 2. The molecule has 10 heterocycles. The zero-order chi connectivity index (χ0) is 84.2. The predicted octanol–water partition coefficient (Wildman–Crippen LogP) is 27.0. The zero-order valence-corrected chi connectivity index (χ0v) is 81.4. The van der Waals surface area contributed by atoms with Crippen molar-refractivity contribution in [3.63, 3.8) is 0 Å². The molecule has 13 nitrogen and oxygen atoms in total. The molecule has 628 valence electrons. The minimum Gasteiger partial charge on any atom is -0.512 e. The number of ketones is 5. The van der Waals surface area contributed by atoms with Crippen LogP contribution in [0.5, 0.6) is 0 Å². The number of aliphatic hydroxyl groups excluding tert-OH is 3. The van der Waals surface area contributed by atoms with E-state index in [9.17, 15) is 9.59 Å². The molecule has 0 bridgehead atoms. The number of aliphatic hydroxyl groups is 3. The summed E-state index contributed by atoms with van der Waals surface area (Å²) in [7, 11) is 0. The molecular weight excluding hydrogens is 2340 g/mol. The maximum absolute atomic E-state index is 10.0. The van der Waals surface area contributed by atoms with E-state index in [1.165, 1.54) is 140 Å². The Bertz CT molecular complexity index is 6470. The minimum atomic E-state index is -0.0625. The third kappa shape index (κ3) is 29.7. The van der Waals surface area contributed by atoms with E-state index in [4.69, 9.17) is 39.7 Å². The molecule has 0 amide bonds. The Morgan fingerprint density at radius 1 is 0.301 bits per heavy atom. The molecule has 9 aromatic carbocycles. The third-order valence-electron chi connectivity index (χ3n) is 16.8. The normalized spacial score (nSPS) is 10.6. The van der Waals surface area contributed by atoms with Gasteiger partial charge < -0.3 is 30.3 Å². The van der Waals surface area contributed by atoms with Gasteiger partial charge in [-0.05, 0) is 140 Å². The number of hydrogen-bond donors (Lipinski definition) is 3. The molecule has 6 N–H and O–H groups in total. The number of carbonyl (C=O) groups is 2. The van der Waals surface area contributed by atoms with Crippen LogP contribution in [-0.2, 0) is 90.0 Å². The maximum Gasteiger partial charge on any atom is 0.316 e. The number of allylic oxidation sites excluding steroid dienone is 6. The van der Waals surface area contributed by atoms with Crippen molar-refractivity contribution in [1.82, 2.24) is 24.9 Å². The number of benzene rings is 9. The second-order valence-electron chi connectivity index (χ2n) is 26.8. The number of hydrogen-bond acceptors (Lipinski definition) is 15. The molecule has 0 aliphatic carbocycles. The van der Waals surface area contributed by atoms with Gasteiger partial charge in [0.2, 0.25) is 0 Å². The summed E-state index contributed by atoms with van der Waals surface area (Å²) in [4.78, 5) is 73.7. The van der Waals surface area contributed by atoms with Crippen LogP contribution in [-0.4, -0.2) is 83.5 Å². The van der Waals surface area contributed by atoms with Crippen LogP contribution in [0.15, 0.2) is 327 Å². The van der Waals surface area contributed by atoms with Crippen molar-refractivity contribution in [1.29, 1.82) is 0 Å². The number of nitrogens with zero attached hydrogens (tertiary/aromatic N) is 5. The van der Waals surface area contributed by atoms with Gasteiger partial charge in [-0.2, -0.15) is 0 Å². The molecule has 0 unspecified atom stereocenters. The minimum absolute atomic E-state index is 0. The Hall–Kier alpha value is -10.9. The first-order valence-corrected chi connectivity index (χ1v) is 41.7. The topological polar surface area (TPSA) is 223 Å². The molecule has 0 aliphatic rings. The van der Waals surface area contributed by atoms with Gasteiger partial charge >= 0.3 is 17.3 Å². The average Bonchev–Trinajstić information content (AvgIpc) is 1.75. The maximum atomic E-state index is 10.0. The number of fused-ring (bicyclic) bond motifs is 10. The predicted molar refractivity (Wildman–Crippen MR) is 502 cm³/mol. The molecule has 0 spiro atoms. The van der Waals surface area contributed by atoms with Crippen LogP contribution >= 0.6 is 56.7 Å². The van der Waals surface area contributed by atoms with Crippen LogP contribution in [0.3, 0.4) is 0 Å². The van der Waals surface area contributed by atoms with E-state index >= 15 is 0 Å². The summed E-state index contributed by atoms with van der Waals surface area (Å²) < 4.78 is 6.29. The first kappa shape index (κ1) is 99.2. The van der Waals surface area contributed by atoms with Gasteiger partial charge in [0.05, 0.1) is 73.7 Å². The smallest absolute Gasteiger partial charge is 0.316 e. The van der Waals surface area contributed by atoms with E-state index in [1.807, 2.05) is 110 Å². The number of thiophene rings is 5. The van der Waals surface area contributed by atoms with Gasteiger partial charge in [-0.1, -0.05) is 182 Å². The number of carbonyl (C=O) groups excluding carboxylic acids is 5. The van der Waals surface area contributed by atoms with E-state index in [0.29, 0.717) is 0 Å². The van der Waals surface area contributed by atoms with Crippen LogP contribution in [0.1, 0.15) is 61.8 Å². The molecule has 22 heteroatoms. The van der Waals surface area contributed by atoms with E-state index in [0.717, 1.165) is 80.0 Å².